The Morgan fingerprint density at radius 3 is 2.44 bits per heavy atom. The molecule has 1 aliphatic rings. The van der Waals surface area contributed by atoms with E-state index in [2.05, 4.69) is 11.4 Å². The summed E-state index contributed by atoms with van der Waals surface area (Å²) in [6, 6.07) is 9.35. The Bertz CT molecular complexity index is 1340. The lowest BCUT2D eigenvalue weighted by Gasteiger charge is -2.33. The number of rotatable bonds is 8. The predicted octanol–water partition coefficient (Wildman–Crippen LogP) is 4.22. The summed E-state index contributed by atoms with van der Waals surface area (Å²) in [7, 11) is -3.49. The van der Waals surface area contributed by atoms with E-state index in [0.717, 1.165) is 22.3 Å². The summed E-state index contributed by atoms with van der Waals surface area (Å²) in [4.78, 5) is 27.7. The molecule has 0 saturated carbocycles. The van der Waals surface area contributed by atoms with Crippen LogP contribution in [0.15, 0.2) is 45.3 Å². The predicted molar refractivity (Wildman–Crippen MR) is 143 cm³/mol. The minimum absolute atomic E-state index is 0.103. The molecule has 0 radical (unpaired) electrons. The van der Waals surface area contributed by atoms with Crippen molar-refractivity contribution in [3.8, 4) is 11.1 Å². The van der Waals surface area contributed by atoms with Gasteiger partial charge in [0, 0.05) is 37.1 Å². The summed E-state index contributed by atoms with van der Waals surface area (Å²) in [5.41, 5.74) is 4.17. The first-order valence-electron chi connectivity index (χ1n) is 11.6. The standard InChI is InChI=1S/C25H29N3O5S3/c1-4-33-25(30)23-20(19-8-7-17(2)14-18(19)3)16-35-24(23)26-21(29)15-27-9-11-28(12-10-27)36(31,32)22-6-5-13-34-22/h5-8,13-14,16H,4,9-12,15H2,1-3H3,(H,26,29). The lowest BCUT2D eigenvalue weighted by atomic mass is 9.97. The van der Waals surface area contributed by atoms with Crippen molar-refractivity contribution in [3.63, 3.8) is 0 Å². The van der Waals surface area contributed by atoms with E-state index >= 15 is 0 Å². The number of hydrogen-bond acceptors (Lipinski definition) is 8. The first-order chi connectivity index (χ1) is 17.2. The van der Waals surface area contributed by atoms with Crippen LogP contribution in [0.25, 0.3) is 11.1 Å². The average Bonchev–Trinajstić information content (AvgIpc) is 3.51. The Morgan fingerprint density at radius 2 is 1.81 bits per heavy atom. The Balaban J connectivity index is 1.44. The van der Waals surface area contributed by atoms with Crippen molar-refractivity contribution in [2.24, 2.45) is 0 Å². The summed E-state index contributed by atoms with van der Waals surface area (Å²) < 4.78 is 32.6. The highest BCUT2D eigenvalue weighted by Gasteiger charge is 2.30. The molecule has 0 atom stereocenters. The molecule has 3 aromatic rings. The zero-order valence-electron chi connectivity index (χ0n) is 20.4. The number of benzene rings is 1. The topological polar surface area (TPSA) is 96.0 Å². The number of nitrogens with zero attached hydrogens (tertiary/aromatic N) is 2. The molecule has 4 rings (SSSR count). The smallest absolute Gasteiger partial charge is 0.341 e. The van der Waals surface area contributed by atoms with E-state index in [9.17, 15) is 18.0 Å². The molecule has 192 valence electrons. The first-order valence-corrected chi connectivity index (χ1v) is 14.8. The number of thiophene rings is 2. The van der Waals surface area contributed by atoms with Crippen LogP contribution >= 0.6 is 22.7 Å². The minimum Gasteiger partial charge on any atom is -0.462 e. The molecule has 1 N–H and O–H groups in total. The molecule has 8 nitrogen and oxygen atoms in total. The van der Waals surface area contributed by atoms with Gasteiger partial charge in [-0.15, -0.1) is 22.7 Å². The Hall–Kier alpha value is -2.57. The second-order valence-electron chi connectivity index (χ2n) is 8.55. The second kappa shape index (κ2) is 11.2. The van der Waals surface area contributed by atoms with Crippen LogP contribution in [0.5, 0.6) is 0 Å². The van der Waals surface area contributed by atoms with Gasteiger partial charge in [0.1, 0.15) is 14.8 Å². The van der Waals surface area contributed by atoms with Crippen LogP contribution in [0.2, 0.25) is 0 Å². The van der Waals surface area contributed by atoms with Gasteiger partial charge < -0.3 is 10.1 Å². The van der Waals surface area contributed by atoms with Gasteiger partial charge >= 0.3 is 5.97 Å². The van der Waals surface area contributed by atoms with E-state index in [4.69, 9.17) is 4.74 Å². The fourth-order valence-electron chi connectivity index (χ4n) is 4.20. The lowest BCUT2D eigenvalue weighted by molar-refractivity contribution is -0.117. The van der Waals surface area contributed by atoms with Crippen LogP contribution in [-0.2, 0) is 19.6 Å². The average molecular weight is 548 g/mol. The summed E-state index contributed by atoms with van der Waals surface area (Å²) in [5, 5.41) is 6.95. The maximum absolute atomic E-state index is 12.9. The molecule has 1 amide bonds. The van der Waals surface area contributed by atoms with Gasteiger partial charge in [-0.25, -0.2) is 13.2 Å². The molecule has 1 aromatic carbocycles. The van der Waals surface area contributed by atoms with E-state index < -0.39 is 16.0 Å². The molecular weight excluding hydrogens is 518 g/mol. The third kappa shape index (κ3) is 5.70. The Morgan fingerprint density at radius 1 is 1.06 bits per heavy atom. The summed E-state index contributed by atoms with van der Waals surface area (Å²) in [6.07, 6.45) is 0. The van der Waals surface area contributed by atoms with Gasteiger partial charge in [0.2, 0.25) is 5.91 Å². The van der Waals surface area contributed by atoms with Gasteiger partial charge in [-0.1, -0.05) is 29.8 Å². The number of piperazine rings is 1. The molecule has 3 heterocycles. The van der Waals surface area contributed by atoms with Crippen LogP contribution in [0.3, 0.4) is 0 Å². The van der Waals surface area contributed by atoms with Gasteiger partial charge in [-0.2, -0.15) is 4.31 Å². The van der Waals surface area contributed by atoms with Crippen molar-refractivity contribution < 1.29 is 22.7 Å². The van der Waals surface area contributed by atoms with Crippen LogP contribution in [-0.4, -0.2) is 68.8 Å². The lowest BCUT2D eigenvalue weighted by Crippen LogP contribution is -2.50. The molecule has 0 aliphatic carbocycles. The maximum atomic E-state index is 12.9. The molecule has 1 aliphatic heterocycles. The van der Waals surface area contributed by atoms with Crippen molar-refractivity contribution in [1.29, 1.82) is 0 Å². The fourth-order valence-corrected chi connectivity index (χ4v) is 7.74. The second-order valence-corrected chi connectivity index (χ2v) is 12.5. The van der Waals surface area contributed by atoms with E-state index in [0.29, 0.717) is 41.0 Å². The quantitative estimate of drug-likeness (QED) is 0.425. The highest BCUT2D eigenvalue weighted by Crippen LogP contribution is 2.38. The number of aryl methyl sites for hydroxylation is 2. The molecule has 0 unspecified atom stereocenters. The maximum Gasteiger partial charge on any atom is 0.341 e. The number of ether oxygens (including phenoxy) is 1. The molecule has 0 spiro atoms. The molecule has 1 fully saturated rings. The SMILES string of the molecule is CCOC(=O)c1c(-c2ccc(C)cc2C)csc1NC(=O)CN1CCN(S(=O)(=O)c2cccs2)CC1. The van der Waals surface area contributed by atoms with E-state index in [1.54, 1.807) is 24.4 Å². The highest BCUT2D eigenvalue weighted by molar-refractivity contribution is 7.91. The zero-order chi connectivity index (χ0) is 25.9. The van der Waals surface area contributed by atoms with Crippen molar-refractivity contribution in [2.45, 2.75) is 25.0 Å². The number of carbonyl (C=O) groups excluding carboxylic acids is 2. The van der Waals surface area contributed by atoms with E-state index in [-0.39, 0.29) is 19.1 Å². The van der Waals surface area contributed by atoms with Gasteiger partial charge in [0.05, 0.1) is 13.2 Å². The summed E-state index contributed by atoms with van der Waals surface area (Å²) >= 11 is 2.49. The Labute approximate surface area is 219 Å². The van der Waals surface area contributed by atoms with Crippen molar-refractivity contribution in [3.05, 3.63) is 57.8 Å². The number of anilines is 1. The van der Waals surface area contributed by atoms with Crippen molar-refractivity contribution in [1.82, 2.24) is 9.21 Å². The van der Waals surface area contributed by atoms with Crippen LogP contribution < -0.4 is 5.32 Å². The van der Waals surface area contributed by atoms with Crippen LogP contribution in [0.1, 0.15) is 28.4 Å². The largest absolute Gasteiger partial charge is 0.462 e. The third-order valence-corrected chi connectivity index (χ3v) is 10.2. The Kier molecular flexibility index (Phi) is 8.26. The number of hydrogen-bond donors (Lipinski definition) is 1. The number of carbonyl (C=O) groups is 2. The zero-order valence-corrected chi connectivity index (χ0v) is 22.9. The van der Waals surface area contributed by atoms with Gasteiger partial charge in [-0.05, 0) is 43.3 Å². The summed E-state index contributed by atoms with van der Waals surface area (Å²) in [6.45, 7) is 7.61. The molecule has 0 bridgehead atoms. The molecule has 36 heavy (non-hydrogen) atoms. The van der Waals surface area contributed by atoms with Gasteiger partial charge in [-0.3, -0.25) is 9.69 Å². The monoisotopic (exact) mass is 547 g/mol. The van der Waals surface area contributed by atoms with Crippen LogP contribution in [0, 0.1) is 13.8 Å². The molecule has 11 heteroatoms. The summed E-state index contributed by atoms with van der Waals surface area (Å²) in [5.74, 6) is -0.736. The van der Waals surface area contributed by atoms with Gasteiger partial charge in [0.15, 0.2) is 0 Å². The van der Waals surface area contributed by atoms with Crippen molar-refractivity contribution in [2.75, 3.05) is 44.6 Å². The molecule has 1 saturated heterocycles. The van der Waals surface area contributed by atoms with E-state index in [1.165, 1.54) is 27.0 Å². The van der Waals surface area contributed by atoms with Gasteiger partial charge in [0.25, 0.3) is 10.0 Å². The number of amides is 1. The third-order valence-electron chi connectivity index (χ3n) is 5.98. The number of esters is 1. The minimum atomic E-state index is -3.49. The fraction of sp³-hybridized carbons (Fsp3) is 0.360. The highest BCUT2D eigenvalue weighted by atomic mass is 32.2. The normalized spacial score (nSPS) is 15.1. The molecule has 2 aromatic heterocycles. The first kappa shape index (κ1) is 26.5. The molecular formula is C25H29N3O5S3. The van der Waals surface area contributed by atoms with Crippen molar-refractivity contribution >= 4 is 49.6 Å². The van der Waals surface area contributed by atoms with Crippen LogP contribution in [0.4, 0.5) is 5.00 Å². The number of sulfonamides is 1. The van der Waals surface area contributed by atoms with E-state index in [1.807, 2.05) is 36.3 Å². The number of nitrogens with one attached hydrogen (secondary N) is 1.